The summed E-state index contributed by atoms with van der Waals surface area (Å²) in [4.78, 5) is 24.7. The van der Waals surface area contributed by atoms with Gasteiger partial charge in [0, 0.05) is 36.3 Å². The number of pyridine rings is 1. The van der Waals surface area contributed by atoms with Crippen LogP contribution in [0.15, 0.2) is 67.0 Å². The number of benzene rings is 2. The Balaban J connectivity index is 1.76. The molecule has 0 aliphatic rings. The fourth-order valence-electron chi connectivity index (χ4n) is 3.34. The molecular weight excluding hydrogens is 390 g/mol. The number of methoxy groups -OCH3 is 1. The van der Waals surface area contributed by atoms with Crippen LogP contribution in [0.5, 0.6) is 5.75 Å². The van der Waals surface area contributed by atoms with Crippen LogP contribution in [-0.4, -0.2) is 34.5 Å². The number of nitrogens with one attached hydrogen (secondary N) is 1. The first-order valence-electron chi connectivity index (χ1n) is 10.0. The summed E-state index contributed by atoms with van der Waals surface area (Å²) < 4.78 is 5.36. The predicted octanol–water partition coefficient (Wildman–Crippen LogP) is 4.04. The standard InChI is InChI=1S/C24H23N5O2/c1-31-19-7-2-5-16(13-19)17-9-10-21-20(14-17)24(27-12-4-8-22(25)30)29-23(28-21)18-6-3-11-26-15-18/h2-3,5-7,9-11,13-15H,4,8,12H2,1H3,(H2,25,30)(H,27,28,29). The number of hydrogen-bond donors (Lipinski definition) is 2. The molecule has 156 valence electrons. The van der Waals surface area contributed by atoms with E-state index in [-0.39, 0.29) is 5.91 Å². The van der Waals surface area contributed by atoms with Crippen molar-refractivity contribution in [2.75, 3.05) is 19.0 Å². The third-order valence-corrected chi connectivity index (χ3v) is 4.91. The molecule has 0 spiro atoms. The number of anilines is 1. The summed E-state index contributed by atoms with van der Waals surface area (Å²) in [7, 11) is 1.65. The normalized spacial score (nSPS) is 10.7. The number of carbonyl (C=O) groups is 1. The maximum Gasteiger partial charge on any atom is 0.217 e. The second kappa shape index (κ2) is 9.21. The van der Waals surface area contributed by atoms with Gasteiger partial charge in [-0.05, 0) is 53.9 Å². The monoisotopic (exact) mass is 413 g/mol. The average molecular weight is 413 g/mol. The van der Waals surface area contributed by atoms with Gasteiger partial charge in [0.1, 0.15) is 11.6 Å². The highest BCUT2D eigenvalue weighted by molar-refractivity contribution is 5.94. The Morgan fingerprint density at radius 3 is 2.65 bits per heavy atom. The Hall–Kier alpha value is -4.00. The van der Waals surface area contributed by atoms with Gasteiger partial charge in [-0.3, -0.25) is 9.78 Å². The van der Waals surface area contributed by atoms with E-state index in [9.17, 15) is 4.79 Å². The van der Waals surface area contributed by atoms with Crippen molar-refractivity contribution in [1.82, 2.24) is 15.0 Å². The van der Waals surface area contributed by atoms with Crippen molar-refractivity contribution in [3.8, 4) is 28.3 Å². The summed E-state index contributed by atoms with van der Waals surface area (Å²) in [6.45, 7) is 0.574. The quantitative estimate of drug-likeness (QED) is 0.423. The van der Waals surface area contributed by atoms with Crippen LogP contribution >= 0.6 is 0 Å². The molecule has 0 saturated carbocycles. The second-order valence-corrected chi connectivity index (χ2v) is 7.10. The van der Waals surface area contributed by atoms with Gasteiger partial charge in [-0.2, -0.15) is 0 Å². The Morgan fingerprint density at radius 1 is 1.03 bits per heavy atom. The van der Waals surface area contributed by atoms with Crippen LogP contribution in [0.3, 0.4) is 0 Å². The number of nitrogens with zero attached hydrogens (tertiary/aromatic N) is 3. The minimum absolute atomic E-state index is 0.314. The maximum absolute atomic E-state index is 11.1. The van der Waals surface area contributed by atoms with Gasteiger partial charge >= 0.3 is 0 Å². The molecule has 0 fully saturated rings. The first-order chi connectivity index (χ1) is 15.1. The molecule has 0 radical (unpaired) electrons. The van der Waals surface area contributed by atoms with Crippen LogP contribution < -0.4 is 15.8 Å². The smallest absolute Gasteiger partial charge is 0.217 e. The molecule has 4 aromatic rings. The van der Waals surface area contributed by atoms with E-state index in [0.29, 0.717) is 31.0 Å². The van der Waals surface area contributed by atoms with Gasteiger partial charge in [-0.25, -0.2) is 9.97 Å². The summed E-state index contributed by atoms with van der Waals surface area (Å²) in [6, 6.07) is 17.8. The lowest BCUT2D eigenvalue weighted by molar-refractivity contribution is -0.118. The second-order valence-electron chi connectivity index (χ2n) is 7.10. The van der Waals surface area contributed by atoms with Gasteiger partial charge in [0.2, 0.25) is 5.91 Å². The third kappa shape index (κ3) is 4.78. The molecule has 2 heterocycles. The van der Waals surface area contributed by atoms with Crippen LogP contribution in [0.25, 0.3) is 33.4 Å². The zero-order valence-electron chi connectivity index (χ0n) is 17.2. The number of amides is 1. The fraction of sp³-hybridized carbons (Fsp3) is 0.167. The molecule has 7 heteroatoms. The van der Waals surface area contributed by atoms with Gasteiger partial charge in [0.05, 0.1) is 12.6 Å². The van der Waals surface area contributed by atoms with Gasteiger partial charge in [0.25, 0.3) is 0 Å². The number of hydrogen-bond acceptors (Lipinski definition) is 6. The lowest BCUT2D eigenvalue weighted by Gasteiger charge is -2.12. The largest absolute Gasteiger partial charge is 0.497 e. The molecule has 0 aliphatic heterocycles. The van der Waals surface area contributed by atoms with Crippen LogP contribution in [0.4, 0.5) is 5.82 Å². The van der Waals surface area contributed by atoms with E-state index in [1.54, 1.807) is 19.5 Å². The molecule has 3 N–H and O–H groups in total. The molecule has 0 aliphatic carbocycles. The molecule has 1 amide bonds. The van der Waals surface area contributed by atoms with Crippen molar-refractivity contribution >= 4 is 22.6 Å². The number of carbonyl (C=O) groups excluding carboxylic acids is 1. The summed E-state index contributed by atoms with van der Waals surface area (Å²) in [5.41, 5.74) is 8.98. The predicted molar refractivity (Wildman–Crippen MR) is 122 cm³/mol. The summed E-state index contributed by atoms with van der Waals surface area (Å²) in [5, 5.41) is 4.25. The zero-order valence-corrected chi connectivity index (χ0v) is 17.2. The Labute approximate surface area is 180 Å². The van der Waals surface area contributed by atoms with Crippen LogP contribution in [0.1, 0.15) is 12.8 Å². The van der Waals surface area contributed by atoms with Gasteiger partial charge in [-0.15, -0.1) is 0 Å². The SMILES string of the molecule is COc1cccc(-c2ccc3nc(-c4cccnc4)nc(NCCCC(N)=O)c3c2)c1. The molecule has 0 unspecified atom stereocenters. The van der Waals surface area contributed by atoms with E-state index in [4.69, 9.17) is 20.4 Å². The Bertz CT molecular complexity index is 1210. The van der Waals surface area contributed by atoms with Crippen molar-refractivity contribution in [2.45, 2.75) is 12.8 Å². The van der Waals surface area contributed by atoms with Crippen LogP contribution in [-0.2, 0) is 4.79 Å². The van der Waals surface area contributed by atoms with Gasteiger partial charge in [-0.1, -0.05) is 18.2 Å². The number of fused-ring (bicyclic) bond motifs is 1. The minimum Gasteiger partial charge on any atom is -0.497 e. The molecule has 2 aromatic carbocycles. The lowest BCUT2D eigenvalue weighted by Crippen LogP contribution is -2.13. The number of rotatable bonds is 8. The molecule has 31 heavy (non-hydrogen) atoms. The highest BCUT2D eigenvalue weighted by Crippen LogP contribution is 2.31. The van der Waals surface area contributed by atoms with Crippen molar-refractivity contribution in [3.63, 3.8) is 0 Å². The molecule has 0 bridgehead atoms. The van der Waals surface area contributed by atoms with Crippen molar-refractivity contribution < 1.29 is 9.53 Å². The Morgan fingerprint density at radius 2 is 1.87 bits per heavy atom. The van der Waals surface area contributed by atoms with Gasteiger partial charge in [0.15, 0.2) is 5.82 Å². The number of ether oxygens (including phenoxy) is 1. The Kier molecular flexibility index (Phi) is 6.03. The number of nitrogens with two attached hydrogens (primary N) is 1. The highest BCUT2D eigenvalue weighted by atomic mass is 16.5. The minimum atomic E-state index is -0.314. The topological polar surface area (TPSA) is 103 Å². The molecule has 2 aromatic heterocycles. The van der Waals surface area contributed by atoms with Crippen LogP contribution in [0.2, 0.25) is 0 Å². The maximum atomic E-state index is 11.1. The van der Waals surface area contributed by atoms with Crippen molar-refractivity contribution in [2.24, 2.45) is 5.73 Å². The molecule has 4 rings (SSSR count). The zero-order chi connectivity index (χ0) is 21.6. The lowest BCUT2D eigenvalue weighted by atomic mass is 10.0. The van der Waals surface area contributed by atoms with E-state index in [1.165, 1.54) is 0 Å². The van der Waals surface area contributed by atoms with Crippen LogP contribution in [0, 0.1) is 0 Å². The van der Waals surface area contributed by atoms with E-state index >= 15 is 0 Å². The summed E-state index contributed by atoms with van der Waals surface area (Å²) in [5.74, 6) is 1.78. The molecule has 0 saturated heterocycles. The van der Waals surface area contributed by atoms with E-state index < -0.39 is 0 Å². The highest BCUT2D eigenvalue weighted by Gasteiger charge is 2.11. The van der Waals surface area contributed by atoms with E-state index in [0.717, 1.165) is 33.3 Å². The molecule has 7 nitrogen and oxygen atoms in total. The molecule has 0 atom stereocenters. The van der Waals surface area contributed by atoms with E-state index in [1.807, 2.05) is 48.5 Å². The number of primary amides is 1. The van der Waals surface area contributed by atoms with Gasteiger partial charge < -0.3 is 15.8 Å². The first kappa shape index (κ1) is 20.3. The fourth-order valence-corrected chi connectivity index (χ4v) is 3.34. The van der Waals surface area contributed by atoms with E-state index in [2.05, 4.69) is 16.4 Å². The molecular formula is C24H23N5O2. The average Bonchev–Trinajstić information content (AvgIpc) is 2.81. The number of aromatic nitrogens is 3. The summed E-state index contributed by atoms with van der Waals surface area (Å²) in [6.07, 6.45) is 4.40. The third-order valence-electron chi connectivity index (χ3n) is 4.91. The summed E-state index contributed by atoms with van der Waals surface area (Å²) >= 11 is 0. The van der Waals surface area contributed by atoms with Crippen molar-refractivity contribution in [3.05, 3.63) is 67.0 Å². The first-order valence-corrected chi connectivity index (χ1v) is 10.0. The van der Waals surface area contributed by atoms with Crippen molar-refractivity contribution in [1.29, 1.82) is 0 Å².